The van der Waals surface area contributed by atoms with Crippen molar-refractivity contribution in [2.24, 2.45) is 4.30 Å². The second-order valence-electron chi connectivity index (χ2n) is 35.5. The number of hydrogen-bond donors (Lipinski definition) is 1. The molecule has 16 rings (SSSR count). The van der Waals surface area contributed by atoms with E-state index >= 15 is 0 Å². The molecule has 16 aromatic rings. The number of aryl methyl sites for hydroxylation is 12. The number of nitrogens with zero attached hydrogens (tertiary/aromatic N) is 5. The van der Waals surface area contributed by atoms with E-state index < -0.39 is 3.25 Å². The molecule has 0 fully saturated rings. The molecule has 135 heavy (non-hydrogen) atoms. The van der Waals surface area contributed by atoms with Gasteiger partial charge in [-0.1, -0.05) is 438 Å². The summed E-state index contributed by atoms with van der Waals surface area (Å²) in [7, 11) is 4.34. The Morgan fingerprint density at radius 3 is 0.644 bits per heavy atom. The van der Waals surface area contributed by atoms with E-state index in [1.54, 1.807) is 0 Å². The summed E-state index contributed by atoms with van der Waals surface area (Å²) in [5, 5.41) is 0. The molecule has 0 saturated carbocycles. The van der Waals surface area contributed by atoms with Crippen LogP contribution in [-0.2, 0) is 25.7 Å². The van der Waals surface area contributed by atoms with E-state index in [1.165, 1.54) is 284 Å². The Morgan fingerprint density at radius 1 is 0.244 bits per heavy atom. The van der Waals surface area contributed by atoms with Crippen LogP contribution in [0.3, 0.4) is 0 Å². The molecule has 4 aromatic heterocycles. The van der Waals surface area contributed by atoms with Crippen LogP contribution < -0.4 is 0 Å². The molecule has 0 atom stereocenters. The van der Waals surface area contributed by atoms with Crippen LogP contribution >= 0.6 is 107 Å². The summed E-state index contributed by atoms with van der Waals surface area (Å²) in [6.45, 7) is 26.1. The second kappa shape index (κ2) is 54.1. The number of rotatable bonds is 32. The first-order valence-corrected chi connectivity index (χ1v) is 52.3. The normalized spacial score (nSPS) is 11.0. The number of unbranched alkanes of at least 4 members (excludes halogenated alkanes) is 12. The molecule has 0 bridgehead atoms. The number of halogens is 7. The van der Waals surface area contributed by atoms with Crippen molar-refractivity contribution >= 4 is 115 Å². The van der Waals surface area contributed by atoms with Gasteiger partial charge in [-0.05, 0) is 300 Å². The van der Waals surface area contributed by atoms with Gasteiger partial charge in [0, 0.05) is 27.2 Å². The van der Waals surface area contributed by atoms with E-state index in [9.17, 15) is 0 Å². The van der Waals surface area contributed by atoms with Crippen molar-refractivity contribution in [3.05, 3.63) is 402 Å². The molecular formula is C121H130BBr3Cl4N5S. The fourth-order valence-corrected chi connectivity index (χ4v) is 18.7. The summed E-state index contributed by atoms with van der Waals surface area (Å²) in [6, 6.07) is 118. The number of thiol groups is 1. The maximum absolute atomic E-state index is 4.83. The van der Waals surface area contributed by atoms with E-state index in [4.69, 9.17) is 46.4 Å². The summed E-state index contributed by atoms with van der Waals surface area (Å²) in [6.07, 6.45) is 25.5. The minimum absolute atomic E-state index is 1.07. The zero-order chi connectivity index (χ0) is 96.3. The summed E-state index contributed by atoms with van der Waals surface area (Å²) in [4.78, 5) is 0. The molecule has 0 aliphatic heterocycles. The average Bonchev–Trinajstić information content (AvgIpc) is 1.60. The first kappa shape index (κ1) is 106. The van der Waals surface area contributed by atoms with E-state index in [1.807, 2.05) is 0 Å². The Hall–Kier alpha value is -9.43. The van der Waals surface area contributed by atoms with Crippen molar-refractivity contribution in [2.45, 2.75) is 215 Å². The van der Waals surface area contributed by atoms with Gasteiger partial charge >= 0.3 is 24.8 Å². The molecule has 0 aliphatic carbocycles. The summed E-state index contributed by atoms with van der Waals surface area (Å²) < 4.78 is 13.9. The quantitative estimate of drug-likeness (QED) is 0.0189. The van der Waals surface area contributed by atoms with E-state index in [2.05, 4.69) is 495 Å². The van der Waals surface area contributed by atoms with Gasteiger partial charge in [0.05, 0.1) is 54.5 Å². The molecule has 0 saturated heterocycles. The van der Waals surface area contributed by atoms with Crippen LogP contribution in [0.2, 0.25) is 0 Å². The predicted molar refractivity (Wildman–Crippen MR) is 602 cm³/mol. The van der Waals surface area contributed by atoms with E-state index in [-0.39, 0.29) is 0 Å². The van der Waals surface area contributed by atoms with Crippen molar-refractivity contribution in [3.63, 3.8) is 0 Å². The van der Waals surface area contributed by atoms with Gasteiger partial charge in [-0.15, -0.1) is 0 Å². The van der Waals surface area contributed by atoms with Crippen LogP contribution in [0.15, 0.2) is 339 Å². The van der Waals surface area contributed by atoms with Crippen LogP contribution in [-0.4, -0.2) is 29.2 Å². The Kier molecular flexibility index (Phi) is 42.5. The maximum atomic E-state index is 4.83. The molecule has 12 aromatic carbocycles. The van der Waals surface area contributed by atoms with Crippen LogP contribution in [0, 0.1) is 55.4 Å². The van der Waals surface area contributed by atoms with Gasteiger partial charge in [-0.2, -0.15) is 0 Å². The van der Waals surface area contributed by atoms with E-state index in [0.717, 1.165) is 37.6 Å². The molecule has 1 radical (unpaired) electrons. The van der Waals surface area contributed by atoms with Crippen molar-refractivity contribution in [3.8, 4) is 113 Å². The zero-order valence-electron chi connectivity index (χ0n) is 80.6. The summed E-state index contributed by atoms with van der Waals surface area (Å²) in [5.74, 6) is 0. The molecule has 4 heterocycles. The third kappa shape index (κ3) is 31.3. The topological polar surface area (TPSA) is 32.1 Å². The van der Waals surface area contributed by atoms with Gasteiger partial charge in [0.15, 0.2) is 0 Å². The molecule has 5 nitrogen and oxygen atoms in total. The first-order chi connectivity index (χ1) is 65.3. The van der Waals surface area contributed by atoms with E-state index in [0.29, 0.717) is 0 Å². The Bertz CT molecular complexity index is 5890. The van der Waals surface area contributed by atoms with Crippen LogP contribution in [0.4, 0.5) is 0 Å². The third-order valence-corrected chi connectivity index (χ3v) is 27.2. The molecule has 0 spiro atoms. The Morgan fingerprint density at radius 2 is 0.430 bits per heavy atom. The van der Waals surface area contributed by atoms with Crippen molar-refractivity contribution in [1.29, 1.82) is 0 Å². The standard InChI is InChI=1S/C30H31Br2N.C30H32BrN.2C30H33N.CCl4.BHNS/c1-4-5-6-7-8-23-13-19-26(20-14-23)33-29(24-15-9-21(2)10-16-24)27(31)28(32)30(33)25-17-11-22(3)12-18-25;1-4-5-6-7-8-24-13-19-27(20-14-24)32-29(25-15-9-22(2)10-16-25)21-28(31)30(32)26-17-11-23(3)12-18-26;2*1-4-5-6-7-8-25-13-19-28(20-14-25)31-29(26-15-9-23(2)10-16-26)21-22-30(31)27-17-11-24(3)12-18-27;2-1(3,4)5;1-2-3/h9-20H,4-8H2,1-3H3;9-21H,4-8H2,1-3H3;2*9-22H,4-8H2,1-3H3;;3H. The van der Waals surface area contributed by atoms with Crippen molar-refractivity contribution in [1.82, 2.24) is 18.3 Å². The summed E-state index contributed by atoms with van der Waals surface area (Å²) in [5.41, 5.74) is 40.1. The van der Waals surface area contributed by atoms with Gasteiger partial charge in [0.2, 0.25) is 0 Å². The Balaban J connectivity index is 0.000000168. The van der Waals surface area contributed by atoms with Crippen molar-refractivity contribution in [2.75, 3.05) is 0 Å². The molecule has 0 N–H and O–H groups in total. The molecule has 14 heteroatoms. The minimum atomic E-state index is -1.61. The van der Waals surface area contributed by atoms with Gasteiger partial charge in [-0.3, -0.25) is 0 Å². The van der Waals surface area contributed by atoms with Crippen molar-refractivity contribution < 1.29 is 0 Å². The Labute approximate surface area is 858 Å². The molecule has 0 aliphatic rings. The number of alkyl halides is 4. The van der Waals surface area contributed by atoms with Gasteiger partial charge in [0.1, 0.15) is 0 Å². The SMILES string of the molecule is CCCCCCc1ccc(-n2c(-c3ccc(C)cc3)c(Br)c(Br)c2-c2ccc(C)cc2)cc1.CCCCCCc1ccc(-n2c(-c3ccc(C)cc3)cc(Br)c2-c2ccc(C)cc2)cc1.CCCCCCc1ccc(-n2c(-c3ccc(C)cc3)ccc2-c2ccc(C)cc2)cc1.CCCCCCc1ccc(-n2c(-c3ccc(C)cc3)ccc2-c2ccc(C)cc2)cc1.ClC(Cl)(Cl)Cl.[B]=NS. The van der Waals surface area contributed by atoms with Gasteiger partial charge in [-0.25, -0.2) is 0 Å². The second-order valence-corrected chi connectivity index (χ2v) is 41.6. The average molecular weight is 2080 g/mol. The fraction of sp³-hybridized carbons (Fsp3) is 0.273. The first-order valence-electron chi connectivity index (χ1n) is 48.0. The molecular weight excluding hydrogens is 1950 g/mol. The predicted octanol–water partition coefficient (Wildman–Crippen LogP) is 39.2. The molecule has 0 unspecified atom stereocenters. The third-order valence-electron chi connectivity index (χ3n) is 24.5. The van der Waals surface area contributed by atoms with Gasteiger partial charge < -0.3 is 18.3 Å². The number of hydrogen-bond acceptors (Lipinski definition) is 2. The van der Waals surface area contributed by atoms with Crippen LogP contribution in [0.5, 0.6) is 0 Å². The fourth-order valence-electron chi connectivity index (χ4n) is 16.9. The zero-order valence-corrected chi connectivity index (χ0v) is 89.3. The molecule has 697 valence electrons. The monoisotopic (exact) mass is 2070 g/mol. The number of aromatic nitrogens is 4. The molecule has 0 amide bonds. The number of benzene rings is 12. The van der Waals surface area contributed by atoms with Crippen LogP contribution in [0.25, 0.3) is 113 Å². The van der Waals surface area contributed by atoms with Crippen LogP contribution in [0.1, 0.15) is 197 Å². The summed E-state index contributed by atoms with van der Waals surface area (Å²) >= 11 is 34.2. The van der Waals surface area contributed by atoms with Gasteiger partial charge in [0.25, 0.3) is 3.25 Å².